The Hall–Kier alpha value is -6.71. The van der Waals surface area contributed by atoms with Gasteiger partial charge in [0.1, 0.15) is 0 Å². The molecule has 2 N–H and O–H groups in total. The van der Waals surface area contributed by atoms with E-state index < -0.39 is 0 Å². The van der Waals surface area contributed by atoms with Crippen LogP contribution in [0.4, 0.5) is 28.4 Å². The molecule has 1 aliphatic rings. The number of hydrogen-bond acceptors (Lipinski definition) is 3. The highest BCUT2D eigenvalue weighted by molar-refractivity contribution is 6.16. The molecule has 0 saturated carbocycles. The minimum atomic E-state index is -0.0389. The molecule has 0 spiro atoms. The van der Waals surface area contributed by atoms with Crippen molar-refractivity contribution in [2.45, 2.75) is 19.3 Å². The van der Waals surface area contributed by atoms with Crippen molar-refractivity contribution in [1.82, 2.24) is 0 Å². The van der Waals surface area contributed by atoms with Gasteiger partial charge in [-0.05, 0) is 111 Å². The molecule has 0 heterocycles. The van der Waals surface area contributed by atoms with E-state index in [2.05, 4.69) is 182 Å². The van der Waals surface area contributed by atoms with Gasteiger partial charge in [0.05, 0.1) is 5.71 Å². The third-order valence-electron chi connectivity index (χ3n) is 10.7. The van der Waals surface area contributed by atoms with Crippen molar-refractivity contribution >= 4 is 44.9 Å². The average molecular weight is 682 g/mol. The lowest BCUT2D eigenvalue weighted by Gasteiger charge is -2.27. The number of rotatable bonds is 8. The molecular weight excluding hydrogens is 643 g/mol. The first-order chi connectivity index (χ1) is 25.9. The lowest BCUT2D eigenvalue weighted by Crippen LogP contribution is -2.15. The van der Waals surface area contributed by atoms with Gasteiger partial charge in [0, 0.05) is 45.0 Å². The third-order valence-corrected chi connectivity index (χ3v) is 10.7. The molecule has 0 unspecified atom stereocenters. The Labute approximate surface area is 311 Å². The molecule has 3 nitrogen and oxygen atoms in total. The van der Waals surface area contributed by atoms with E-state index in [9.17, 15) is 5.41 Å². The number of anilines is 5. The Morgan fingerprint density at radius 3 is 1.89 bits per heavy atom. The van der Waals surface area contributed by atoms with Crippen LogP contribution in [0.25, 0.3) is 33.0 Å². The second-order valence-corrected chi connectivity index (χ2v) is 14.3. The number of benzene rings is 8. The molecule has 254 valence electrons. The maximum atomic E-state index is 9.47. The van der Waals surface area contributed by atoms with E-state index in [0.717, 1.165) is 61.5 Å². The number of fused-ring (bicyclic) bond motifs is 4. The molecule has 0 fully saturated rings. The first-order valence-corrected chi connectivity index (χ1v) is 18.2. The minimum Gasteiger partial charge on any atom is -0.355 e. The van der Waals surface area contributed by atoms with Gasteiger partial charge in [-0.3, -0.25) is 5.41 Å². The van der Waals surface area contributed by atoms with Crippen LogP contribution in [-0.2, 0) is 5.41 Å². The molecular formula is C50H39N3. The summed E-state index contributed by atoms with van der Waals surface area (Å²) in [5.74, 6) is 0. The summed E-state index contributed by atoms with van der Waals surface area (Å²) in [5.41, 5.74) is 14.9. The summed E-state index contributed by atoms with van der Waals surface area (Å²) in [6.07, 6.45) is 0. The molecule has 0 aliphatic heterocycles. The zero-order chi connectivity index (χ0) is 35.9. The van der Waals surface area contributed by atoms with Crippen molar-refractivity contribution in [3.8, 4) is 22.3 Å². The molecule has 0 atom stereocenters. The maximum Gasteiger partial charge on any atom is 0.0705 e. The molecule has 0 saturated heterocycles. The summed E-state index contributed by atoms with van der Waals surface area (Å²) < 4.78 is 0. The van der Waals surface area contributed by atoms with E-state index in [1.165, 1.54) is 22.3 Å². The number of para-hydroxylation sites is 2. The second-order valence-electron chi connectivity index (χ2n) is 14.3. The van der Waals surface area contributed by atoms with Crippen LogP contribution in [0.3, 0.4) is 0 Å². The highest BCUT2D eigenvalue weighted by Gasteiger charge is 2.35. The summed E-state index contributed by atoms with van der Waals surface area (Å²) >= 11 is 0. The van der Waals surface area contributed by atoms with Gasteiger partial charge in [0.2, 0.25) is 0 Å². The molecule has 53 heavy (non-hydrogen) atoms. The average Bonchev–Trinajstić information content (AvgIpc) is 3.44. The molecule has 3 heteroatoms. The lowest BCUT2D eigenvalue weighted by atomic mass is 9.82. The predicted octanol–water partition coefficient (Wildman–Crippen LogP) is 13.4. The molecule has 0 amide bonds. The Morgan fingerprint density at radius 1 is 0.491 bits per heavy atom. The zero-order valence-electron chi connectivity index (χ0n) is 29.8. The van der Waals surface area contributed by atoms with Crippen LogP contribution in [0, 0.1) is 5.41 Å². The van der Waals surface area contributed by atoms with Crippen molar-refractivity contribution in [3.63, 3.8) is 0 Å². The molecule has 8 aromatic rings. The Kier molecular flexibility index (Phi) is 7.97. The van der Waals surface area contributed by atoms with Crippen LogP contribution >= 0.6 is 0 Å². The van der Waals surface area contributed by atoms with Crippen LogP contribution < -0.4 is 10.2 Å². The van der Waals surface area contributed by atoms with Gasteiger partial charge in [-0.2, -0.15) is 0 Å². The van der Waals surface area contributed by atoms with Crippen LogP contribution in [0.15, 0.2) is 188 Å². The van der Waals surface area contributed by atoms with Crippen molar-refractivity contribution < 1.29 is 0 Å². The highest BCUT2D eigenvalue weighted by Crippen LogP contribution is 2.50. The van der Waals surface area contributed by atoms with Crippen molar-refractivity contribution in [1.29, 1.82) is 5.41 Å². The van der Waals surface area contributed by atoms with Gasteiger partial charge in [-0.1, -0.05) is 135 Å². The summed E-state index contributed by atoms with van der Waals surface area (Å²) in [7, 11) is 0. The normalized spacial score (nSPS) is 12.6. The standard InChI is InChI=1S/C50H39N3/c1-50(2)46-23-12-11-22-43(46)44-33-42(28-29-47(44)50)53(40-20-7-4-8-21-40)41-26-24-34(25-27-41)35-16-13-17-38(30-35)49(51)45-31-36-14-9-10-15-37(36)32-48(45)52-39-18-5-3-6-19-39/h3-33,51-52H,1-2H3. The molecule has 0 aromatic heterocycles. The third kappa shape index (κ3) is 5.87. The van der Waals surface area contributed by atoms with Crippen LogP contribution in [0.5, 0.6) is 0 Å². The summed E-state index contributed by atoms with van der Waals surface area (Å²) in [5, 5.41) is 15.3. The molecule has 0 bridgehead atoms. The van der Waals surface area contributed by atoms with E-state index in [0.29, 0.717) is 5.71 Å². The van der Waals surface area contributed by atoms with Gasteiger partial charge in [0.15, 0.2) is 0 Å². The Balaban J connectivity index is 1.06. The van der Waals surface area contributed by atoms with Crippen LogP contribution in [0.2, 0.25) is 0 Å². The van der Waals surface area contributed by atoms with E-state index >= 15 is 0 Å². The van der Waals surface area contributed by atoms with Crippen molar-refractivity contribution in [2.75, 3.05) is 10.2 Å². The van der Waals surface area contributed by atoms with E-state index in [1.54, 1.807) is 0 Å². The largest absolute Gasteiger partial charge is 0.355 e. The summed E-state index contributed by atoms with van der Waals surface area (Å²) in [4.78, 5) is 2.34. The fraction of sp³-hybridized carbons (Fsp3) is 0.0600. The predicted molar refractivity (Wildman–Crippen MR) is 224 cm³/mol. The van der Waals surface area contributed by atoms with Crippen molar-refractivity contribution in [2.24, 2.45) is 0 Å². The summed E-state index contributed by atoms with van der Waals surface area (Å²) in [6.45, 7) is 4.65. The first kappa shape index (κ1) is 32.2. The minimum absolute atomic E-state index is 0.0389. The smallest absolute Gasteiger partial charge is 0.0705 e. The van der Waals surface area contributed by atoms with Gasteiger partial charge < -0.3 is 10.2 Å². The van der Waals surface area contributed by atoms with Crippen LogP contribution in [-0.4, -0.2) is 5.71 Å². The van der Waals surface area contributed by atoms with Gasteiger partial charge in [0.25, 0.3) is 0 Å². The number of nitrogens with zero attached hydrogens (tertiary/aromatic N) is 1. The first-order valence-electron chi connectivity index (χ1n) is 18.2. The van der Waals surface area contributed by atoms with Gasteiger partial charge >= 0.3 is 0 Å². The van der Waals surface area contributed by atoms with E-state index in [1.807, 2.05) is 30.3 Å². The van der Waals surface area contributed by atoms with Gasteiger partial charge in [-0.15, -0.1) is 0 Å². The fourth-order valence-corrected chi connectivity index (χ4v) is 7.91. The highest BCUT2D eigenvalue weighted by atomic mass is 15.1. The van der Waals surface area contributed by atoms with E-state index in [4.69, 9.17) is 0 Å². The quantitative estimate of drug-likeness (QED) is 0.157. The molecule has 8 aromatic carbocycles. The van der Waals surface area contributed by atoms with E-state index in [-0.39, 0.29) is 5.41 Å². The Morgan fingerprint density at radius 2 is 1.11 bits per heavy atom. The number of hydrogen-bond donors (Lipinski definition) is 2. The Bertz CT molecular complexity index is 2620. The second kappa shape index (κ2) is 13.1. The molecule has 0 radical (unpaired) electrons. The maximum absolute atomic E-state index is 9.47. The number of nitrogens with one attached hydrogen (secondary N) is 2. The van der Waals surface area contributed by atoms with Crippen molar-refractivity contribution in [3.05, 3.63) is 210 Å². The zero-order valence-corrected chi connectivity index (χ0v) is 29.8. The SMILES string of the molecule is CC1(C)c2ccccc2-c2cc(N(c3ccccc3)c3ccc(-c4cccc(C(=N)c5cc6ccccc6cc5Nc5ccccc5)c4)cc3)ccc21. The topological polar surface area (TPSA) is 39.1 Å². The molecule has 9 rings (SSSR count). The fourth-order valence-electron chi connectivity index (χ4n) is 7.91. The van der Waals surface area contributed by atoms with Crippen LogP contribution in [0.1, 0.15) is 36.1 Å². The molecule has 1 aliphatic carbocycles. The summed E-state index contributed by atoms with van der Waals surface area (Å²) in [6, 6.07) is 66.2. The van der Waals surface area contributed by atoms with Gasteiger partial charge in [-0.25, -0.2) is 0 Å². The monoisotopic (exact) mass is 681 g/mol. The lowest BCUT2D eigenvalue weighted by molar-refractivity contribution is 0.660.